The summed E-state index contributed by atoms with van der Waals surface area (Å²) in [6, 6.07) is 22.9. The van der Waals surface area contributed by atoms with Gasteiger partial charge in [0.1, 0.15) is 0 Å². The van der Waals surface area contributed by atoms with E-state index in [1.54, 1.807) is 30.3 Å². The van der Waals surface area contributed by atoms with Gasteiger partial charge in [0.05, 0.1) is 0 Å². The van der Waals surface area contributed by atoms with Gasteiger partial charge in [-0.25, -0.2) is 0 Å². The third kappa shape index (κ3) is 4.26. The van der Waals surface area contributed by atoms with Gasteiger partial charge in [-0.05, 0) is 0 Å². The minimum absolute atomic E-state index is 0.0523. The van der Waals surface area contributed by atoms with Gasteiger partial charge in [-0.2, -0.15) is 0 Å². The van der Waals surface area contributed by atoms with Crippen LogP contribution >= 0.6 is 20.2 Å². The van der Waals surface area contributed by atoms with Crippen LogP contribution in [0.3, 0.4) is 0 Å². The average molecular weight is 483 g/mol. The van der Waals surface area contributed by atoms with Crippen molar-refractivity contribution in [2.45, 2.75) is 4.90 Å². The molecule has 0 aliphatic carbocycles. The molecule has 0 atom stereocenters. The molecular formula is C18H14INO5S. The van der Waals surface area contributed by atoms with Crippen LogP contribution in [0.1, 0.15) is 0 Å². The van der Waals surface area contributed by atoms with Gasteiger partial charge in [0, 0.05) is 0 Å². The summed E-state index contributed by atoms with van der Waals surface area (Å²) in [5.41, 5.74) is -0.0523. The molecule has 0 aromatic heterocycles. The molecule has 0 fully saturated rings. The summed E-state index contributed by atoms with van der Waals surface area (Å²) in [6.07, 6.45) is 0. The summed E-state index contributed by atoms with van der Waals surface area (Å²) >= 11 is -2.82. The number of nitrogens with zero attached hydrogens (tertiary/aromatic N) is 1. The first kappa shape index (κ1) is 18.5. The van der Waals surface area contributed by atoms with Crippen LogP contribution in [0.4, 0.5) is 5.69 Å². The molecule has 134 valence electrons. The van der Waals surface area contributed by atoms with E-state index in [0.29, 0.717) is 3.57 Å². The van der Waals surface area contributed by atoms with E-state index in [1.807, 2.05) is 30.3 Å². The summed E-state index contributed by atoms with van der Waals surface area (Å²) in [6.45, 7) is 0. The standard InChI is InChI=1S/C18H14INO5S/c21-20(22)17-13-11-16(12-14-17)19(15-7-3-1-4-8-15)25-26(23,24)18-9-5-2-6-10-18/h1-14H. The molecule has 3 aromatic carbocycles. The molecule has 3 rings (SSSR count). The first-order chi connectivity index (χ1) is 12.5. The Morgan fingerprint density at radius 1 is 0.769 bits per heavy atom. The molecule has 6 nitrogen and oxygen atoms in total. The SMILES string of the molecule is O=[N+]([O-])c1ccc(I(OS(=O)(=O)c2ccccc2)c2ccccc2)cc1. The second-order valence-electron chi connectivity index (χ2n) is 5.11. The van der Waals surface area contributed by atoms with E-state index in [9.17, 15) is 18.5 Å². The first-order valence-corrected chi connectivity index (χ1v) is 11.9. The topological polar surface area (TPSA) is 86.5 Å². The molecule has 0 bridgehead atoms. The molecular weight excluding hydrogens is 469 g/mol. The van der Waals surface area contributed by atoms with Crippen LogP contribution in [0.2, 0.25) is 0 Å². The number of benzene rings is 3. The van der Waals surface area contributed by atoms with Gasteiger partial charge in [0.25, 0.3) is 0 Å². The van der Waals surface area contributed by atoms with Crippen molar-refractivity contribution in [1.29, 1.82) is 0 Å². The molecule has 0 aliphatic heterocycles. The van der Waals surface area contributed by atoms with E-state index in [4.69, 9.17) is 2.51 Å². The Labute approximate surface area is 158 Å². The third-order valence-electron chi connectivity index (χ3n) is 3.34. The summed E-state index contributed by atoms with van der Waals surface area (Å²) in [4.78, 5) is 10.4. The van der Waals surface area contributed by atoms with Crippen molar-refractivity contribution in [2.75, 3.05) is 0 Å². The fourth-order valence-corrected chi connectivity index (χ4v) is 9.08. The third-order valence-corrected chi connectivity index (χ3v) is 10.7. The maximum atomic E-state index is 12.7. The van der Waals surface area contributed by atoms with Crippen molar-refractivity contribution in [2.24, 2.45) is 0 Å². The molecule has 0 unspecified atom stereocenters. The van der Waals surface area contributed by atoms with E-state index < -0.39 is 35.3 Å². The van der Waals surface area contributed by atoms with Gasteiger partial charge in [0.15, 0.2) is 0 Å². The van der Waals surface area contributed by atoms with Crippen LogP contribution in [0.5, 0.6) is 0 Å². The number of hydrogen-bond acceptors (Lipinski definition) is 5. The zero-order valence-electron chi connectivity index (χ0n) is 13.4. The molecule has 0 heterocycles. The van der Waals surface area contributed by atoms with E-state index in [0.717, 1.165) is 3.57 Å². The van der Waals surface area contributed by atoms with Crippen molar-refractivity contribution in [3.8, 4) is 0 Å². The van der Waals surface area contributed by atoms with Crippen LogP contribution in [0.15, 0.2) is 89.8 Å². The van der Waals surface area contributed by atoms with Crippen LogP contribution in [-0.4, -0.2) is 13.3 Å². The fourth-order valence-electron chi connectivity index (χ4n) is 2.11. The zero-order valence-corrected chi connectivity index (χ0v) is 16.3. The van der Waals surface area contributed by atoms with Gasteiger partial charge in [0.2, 0.25) is 0 Å². The fraction of sp³-hybridized carbons (Fsp3) is 0. The minimum atomic E-state index is -3.95. The van der Waals surface area contributed by atoms with Crippen molar-refractivity contribution >= 4 is 36.0 Å². The Hall–Kier alpha value is -2.30. The molecule has 0 amide bonds. The molecule has 8 heteroatoms. The van der Waals surface area contributed by atoms with Gasteiger partial charge in [-0.15, -0.1) is 0 Å². The van der Waals surface area contributed by atoms with Crippen LogP contribution < -0.4 is 0 Å². The van der Waals surface area contributed by atoms with Crippen LogP contribution in [0, 0.1) is 17.3 Å². The van der Waals surface area contributed by atoms with E-state index >= 15 is 0 Å². The molecule has 3 aromatic rings. The number of non-ortho nitro benzene ring substituents is 1. The first-order valence-electron chi connectivity index (χ1n) is 7.47. The Morgan fingerprint density at radius 3 is 1.81 bits per heavy atom. The van der Waals surface area contributed by atoms with E-state index in [2.05, 4.69) is 0 Å². The van der Waals surface area contributed by atoms with Gasteiger partial charge >= 0.3 is 159 Å². The van der Waals surface area contributed by atoms with Gasteiger partial charge < -0.3 is 0 Å². The van der Waals surface area contributed by atoms with Crippen molar-refractivity contribution < 1.29 is 15.9 Å². The molecule has 0 N–H and O–H groups in total. The van der Waals surface area contributed by atoms with Crippen molar-refractivity contribution in [3.05, 3.63) is 102 Å². The van der Waals surface area contributed by atoms with E-state index in [1.165, 1.54) is 24.3 Å². The Balaban J connectivity index is 2.01. The predicted molar refractivity (Wildman–Crippen MR) is 106 cm³/mol. The van der Waals surface area contributed by atoms with Crippen LogP contribution in [0.25, 0.3) is 0 Å². The van der Waals surface area contributed by atoms with E-state index in [-0.39, 0.29) is 10.6 Å². The molecule has 0 radical (unpaired) electrons. The Bertz CT molecular complexity index is 993. The summed E-state index contributed by atoms with van der Waals surface area (Å²) in [5, 5.41) is 10.9. The van der Waals surface area contributed by atoms with Crippen LogP contribution in [-0.2, 0) is 12.6 Å². The molecule has 0 saturated carbocycles. The Morgan fingerprint density at radius 2 is 1.27 bits per heavy atom. The predicted octanol–water partition coefficient (Wildman–Crippen LogP) is 4.46. The Kier molecular flexibility index (Phi) is 5.64. The number of rotatable bonds is 6. The number of hydrogen-bond donors (Lipinski definition) is 0. The summed E-state index contributed by atoms with van der Waals surface area (Å²) < 4.78 is 32.4. The van der Waals surface area contributed by atoms with Crippen molar-refractivity contribution in [3.63, 3.8) is 0 Å². The normalized spacial score (nSPS) is 11.8. The number of nitro benzene ring substituents is 1. The average Bonchev–Trinajstić information content (AvgIpc) is 2.68. The van der Waals surface area contributed by atoms with Gasteiger partial charge in [-0.1, -0.05) is 0 Å². The molecule has 0 aliphatic rings. The maximum absolute atomic E-state index is 12.7. The molecule has 26 heavy (non-hydrogen) atoms. The summed E-state index contributed by atoms with van der Waals surface area (Å²) in [5.74, 6) is 0. The second-order valence-corrected chi connectivity index (χ2v) is 11.6. The molecule has 0 saturated heterocycles. The molecule has 0 spiro atoms. The monoisotopic (exact) mass is 483 g/mol. The second kappa shape index (κ2) is 7.94. The van der Waals surface area contributed by atoms with Crippen molar-refractivity contribution in [1.82, 2.24) is 0 Å². The number of halogens is 1. The quantitative estimate of drug-likeness (QED) is 0.294. The zero-order chi connectivity index (χ0) is 18.6. The van der Waals surface area contributed by atoms with Gasteiger partial charge in [-0.3, -0.25) is 0 Å². The summed E-state index contributed by atoms with van der Waals surface area (Å²) in [7, 11) is -3.95. The number of nitro groups is 1.